The van der Waals surface area contributed by atoms with E-state index in [-0.39, 0.29) is 24.5 Å². The number of imidazole rings is 1. The van der Waals surface area contributed by atoms with Crippen molar-refractivity contribution in [1.82, 2.24) is 29.7 Å². The molecule has 2 aromatic heterocycles. The van der Waals surface area contributed by atoms with Crippen LogP contribution in [0.5, 0.6) is 11.5 Å². The summed E-state index contributed by atoms with van der Waals surface area (Å²) in [5.74, 6) is 2.45. The molecule has 1 unspecified atom stereocenters. The van der Waals surface area contributed by atoms with Crippen molar-refractivity contribution < 1.29 is 23.8 Å². The third kappa shape index (κ3) is 6.61. The molecule has 1 saturated heterocycles. The van der Waals surface area contributed by atoms with Gasteiger partial charge in [0.2, 0.25) is 11.9 Å². The van der Waals surface area contributed by atoms with Crippen molar-refractivity contribution >= 4 is 17.8 Å². The Morgan fingerprint density at radius 3 is 2.77 bits per heavy atom. The summed E-state index contributed by atoms with van der Waals surface area (Å²) in [4.78, 5) is 43.1. The number of nitrogens with one attached hydrogen (secondary N) is 1. The standard InChI is InChI=1S/C28H35N7O5/c1-3-4-11-40-28(37)33-9-10-35(25-14-20(2)31-27(32-25)34-8-7-29-19-34)22(18-33)16-26(36)30-17-21-5-6-23-24(15-21)39-13-12-38-23/h5-8,14-15,19,22H,3-4,9-13,16-18H2,1-2H3,(H,30,36). The molecule has 2 amide bonds. The molecule has 4 heterocycles. The van der Waals surface area contributed by atoms with E-state index in [9.17, 15) is 9.59 Å². The SMILES string of the molecule is CCCCOC(=O)N1CCN(c2cc(C)nc(-n3ccnc3)n2)C(CC(=O)NCc2ccc3c(c2)OCCO3)C1. The molecule has 0 aliphatic carbocycles. The van der Waals surface area contributed by atoms with Crippen molar-refractivity contribution in [3.8, 4) is 17.4 Å². The Balaban J connectivity index is 1.30. The molecular formula is C28H35N7O5. The van der Waals surface area contributed by atoms with E-state index in [0.717, 1.165) is 24.1 Å². The van der Waals surface area contributed by atoms with E-state index < -0.39 is 0 Å². The Kier molecular flexibility index (Phi) is 8.62. The molecule has 1 fully saturated rings. The van der Waals surface area contributed by atoms with Crippen molar-refractivity contribution in [3.63, 3.8) is 0 Å². The van der Waals surface area contributed by atoms with Crippen molar-refractivity contribution in [1.29, 1.82) is 0 Å². The van der Waals surface area contributed by atoms with Gasteiger partial charge >= 0.3 is 6.09 Å². The summed E-state index contributed by atoms with van der Waals surface area (Å²) in [6.07, 6.45) is 6.68. The van der Waals surface area contributed by atoms with Gasteiger partial charge in [-0.05, 0) is 31.0 Å². The van der Waals surface area contributed by atoms with Gasteiger partial charge in [0, 0.05) is 56.8 Å². The maximum absolute atomic E-state index is 13.2. The molecule has 1 N–H and O–H groups in total. The highest BCUT2D eigenvalue weighted by molar-refractivity contribution is 5.77. The summed E-state index contributed by atoms with van der Waals surface area (Å²) in [5, 5.41) is 3.01. The van der Waals surface area contributed by atoms with Gasteiger partial charge in [0.05, 0.1) is 12.6 Å². The Hall–Kier alpha value is -4.35. The zero-order chi connectivity index (χ0) is 27.9. The summed E-state index contributed by atoms with van der Waals surface area (Å²) >= 11 is 0. The van der Waals surface area contributed by atoms with Crippen LogP contribution in [0, 0.1) is 6.92 Å². The Bertz CT molecular complexity index is 1320. The van der Waals surface area contributed by atoms with Crippen LogP contribution in [0.25, 0.3) is 5.95 Å². The molecule has 0 bridgehead atoms. The van der Waals surface area contributed by atoms with Crippen molar-refractivity contribution in [2.24, 2.45) is 0 Å². The van der Waals surface area contributed by atoms with Gasteiger partial charge in [0.25, 0.3) is 0 Å². The molecule has 40 heavy (non-hydrogen) atoms. The number of aromatic nitrogens is 4. The molecule has 3 aromatic rings. The first kappa shape index (κ1) is 27.2. The van der Waals surface area contributed by atoms with Crippen LogP contribution in [-0.2, 0) is 16.1 Å². The number of hydrogen-bond acceptors (Lipinski definition) is 9. The third-order valence-corrected chi connectivity index (χ3v) is 6.84. The van der Waals surface area contributed by atoms with Crippen LogP contribution in [-0.4, -0.2) is 81.9 Å². The summed E-state index contributed by atoms with van der Waals surface area (Å²) in [6, 6.07) is 7.25. The highest BCUT2D eigenvalue weighted by Crippen LogP contribution is 2.30. The molecule has 12 nitrogen and oxygen atoms in total. The number of carbonyl (C=O) groups is 2. The molecule has 2 aliphatic heterocycles. The summed E-state index contributed by atoms with van der Waals surface area (Å²) in [6.45, 7) is 7.02. The molecule has 0 radical (unpaired) electrons. The maximum Gasteiger partial charge on any atom is 0.409 e. The zero-order valence-corrected chi connectivity index (χ0v) is 22.9. The van der Waals surface area contributed by atoms with E-state index in [1.165, 1.54) is 0 Å². The fourth-order valence-electron chi connectivity index (χ4n) is 4.75. The zero-order valence-electron chi connectivity index (χ0n) is 22.9. The lowest BCUT2D eigenvalue weighted by atomic mass is 10.1. The molecule has 0 spiro atoms. The smallest absolute Gasteiger partial charge is 0.409 e. The number of aryl methyl sites for hydroxylation is 1. The fourth-order valence-corrected chi connectivity index (χ4v) is 4.75. The van der Waals surface area contributed by atoms with Crippen LogP contribution >= 0.6 is 0 Å². The van der Waals surface area contributed by atoms with Gasteiger partial charge in [-0.1, -0.05) is 19.4 Å². The first-order valence-corrected chi connectivity index (χ1v) is 13.7. The monoisotopic (exact) mass is 549 g/mol. The highest BCUT2D eigenvalue weighted by Gasteiger charge is 2.33. The predicted octanol–water partition coefficient (Wildman–Crippen LogP) is 2.88. The number of anilines is 1. The first-order chi connectivity index (χ1) is 19.5. The largest absolute Gasteiger partial charge is 0.486 e. The van der Waals surface area contributed by atoms with E-state index in [0.29, 0.717) is 69.3 Å². The fraction of sp³-hybridized carbons (Fsp3) is 0.464. The molecule has 1 atom stereocenters. The number of hydrogen-bond donors (Lipinski definition) is 1. The number of rotatable bonds is 9. The molecule has 0 saturated carbocycles. The Morgan fingerprint density at radius 1 is 1.12 bits per heavy atom. The summed E-state index contributed by atoms with van der Waals surface area (Å²) in [5.41, 5.74) is 1.70. The quantitative estimate of drug-likeness (QED) is 0.401. The number of piperazine rings is 1. The van der Waals surface area contributed by atoms with Crippen LogP contribution in [0.15, 0.2) is 43.0 Å². The Morgan fingerprint density at radius 2 is 1.98 bits per heavy atom. The Labute approximate surface area is 233 Å². The lowest BCUT2D eigenvalue weighted by Crippen LogP contribution is -2.56. The predicted molar refractivity (Wildman–Crippen MR) is 147 cm³/mol. The van der Waals surface area contributed by atoms with Gasteiger partial charge in [-0.3, -0.25) is 9.36 Å². The second-order valence-electron chi connectivity index (χ2n) is 9.86. The number of amides is 2. The number of carbonyl (C=O) groups excluding carboxylic acids is 2. The lowest BCUT2D eigenvalue weighted by Gasteiger charge is -2.41. The minimum Gasteiger partial charge on any atom is -0.486 e. The normalized spacial score (nSPS) is 16.5. The van der Waals surface area contributed by atoms with Crippen LogP contribution < -0.4 is 19.7 Å². The molecule has 212 valence electrons. The molecular weight excluding hydrogens is 514 g/mol. The van der Waals surface area contributed by atoms with Crippen molar-refractivity contribution in [3.05, 3.63) is 54.2 Å². The van der Waals surface area contributed by atoms with E-state index in [1.54, 1.807) is 28.2 Å². The minimum atomic E-state index is -0.354. The van der Waals surface area contributed by atoms with Crippen LogP contribution in [0.3, 0.4) is 0 Å². The van der Waals surface area contributed by atoms with Crippen LogP contribution in [0.1, 0.15) is 37.4 Å². The number of nitrogens with zero attached hydrogens (tertiary/aromatic N) is 6. The topological polar surface area (TPSA) is 124 Å². The van der Waals surface area contributed by atoms with Crippen molar-refractivity contribution in [2.45, 2.75) is 45.7 Å². The first-order valence-electron chi connectivity index (χ1n) is 13.7. The molecule has 2 aliphatic rings. The minimum absolute atomic E-state index is 0.133. The third-order valence-electron chi connectivity index (χ3n) is 6.84. The second-order valence-corrected chi connectivity index (χ2v) is 9.86. The van der Waals surface area contributed by atoms with Gasteiger partial charge in [-0.25, -0.2) is 14.8 Å². The molecule has 12 heteroatoms. The van der Waals surface area contributed by atoms with Crippen LogP contribution in [0.2, 0.25) is 0 Å². The molecule has 5 rings (SSSR count). The number of benzene rings is 1. The van der Waals surface area contributed by atoms with Crippen molar-refractivity contribution in [2.75, 3.05) is 44.4 Å². The average molecular weight is 550 g/mol. The number of unbranched alkanes of at least 4 members (excludes halogenated alkanes) is 1. The van der Waals surface area contributed by atoms with E-state index >= 15 is 0 Å². The summed E-state index contributed by atoms with van der Waals surface area (Å²) < 4.78 is 18.4. The lowest BCUT2D eigenvalue weighted by molar-refractivity contribution is -0.121. The van der Waals surface area contributed by atoms with Gasteiger partial charge in [0.15, 0.2) is 11.5 Å². The van der Waals surface area contributed by atoms with E-state index in [2.05, 4.69) is 20.2 Å². The average Bonchev–Trinajstić information content (AvgIpc) is 3.51. The van der Waals surface area contributed by atoms with Gasteiger partial charge < -0.3 is 29.3 Å². The number of fused-ring (bicyclic) bond motifs is 1. The van der Waals surface area contributed by atoms with Gasteiger partial charge in [-0.15, -0.1) is 0 Å². The maximum atomic E-state index is 13.2. The number of ether oxygens (including phenoxy) is 3. The highest BCUT2D eigenvalue weighted by atomic mass is 16.6. The van der Waals surface area contributed by atoms with Crippen LogP contribution in [0.4, 0.5) is 10.6 Å². The van der Waals surface area contributed by atoms with Gasteiger partial charge in [-0.2, -0.15) is 4.98 Å². The van der Waals surface area contributed by atoms with E-state index in [1.807, 2.05) is 38.1 Å². The van der Waals surface area contributed by atoms with Gasteiger partial charge in [0.1, 0.15) is 25.4 Å². The van der Waals surface area contributed by atoms with E-state index in [4.69, 9.17) is 19.2 Å². The summed E-state index contributed by atoms with van der Waals surface area (Å²) in [7, 11) is 0. The second kappa shape index (κ2) is 12.7. The molecule has 1 aromatic carbocycles.